The molecule has 2 aromatic carbocycles. The van der Waals surface area contributed by atoms with Crippen molar-refractivity contribution >= 4 is 34.4 Å². The molecule has 3 aromatic rings. The van der Waals surface area contributed by atoms with Crippen LogP contribution in [0.2, 0.25) is 0 Å². The van der Waals surface area contributed by atoms with Crippen LogP contribution in [-0.2, 0) is 0 Å². The van der Waals surface area contributed by atoms with Gasteiger partial charge in [0.1, 0.15) is 16.8 Å². The molecule has 27 heavy (non-hydrogen) atoms. The van der Waals surface area contributed by atoms with E-state index in [0.29, 0.717) is 21.8 Å². The third-order valence-electron chi connectivity index (χ3n) is 4.00. The van der Waals surface area contributed by atoms with Crippen molar-refractivity contribution in [2.45, 2.75) is 6.92 Å². The summed E-state index contributed by atoms with van der Waals surface area (Å²) in [6, 6.07) is 14.9. The lowest BCUT2D eigenvalue weighted by atomic mass is 10.1. The van der Waals surface area contributed by atoms with Crippen molar-refractivity contribution in [3.63, 3.8) is 0 Å². The summed E-state index contributed by atoms with van der Waals surface area (Å²) < 4.78 is 0. The van der Waals surface area contributed by atoms with E-state index < -0.39 is 4.92 Å². The predicted octanol–water partition coefficient (Wildman–Crippen LogP) is 5.13. The number of nitro groups is 1. The largest absolute Gasteiger partial charge is 0.383 e. The Morgan fingerprint density at radius 3 is 2.67 bits per heavy atom. The van der Waals surface area contributed by atoms with Crippen LogP contribution < -0.4 is 5.32 Å². The van der Waals surface area contributed by atoms with Crippen LogP contribution in [-0.4, -0.2) is 17.0 Å². The molecule has 7 heteroatoms. The molecule has 0 saturated heterocycles. The maximum absolute atomic E-state index is 11.2. The molecule has 0 aliphatic heterocycles. The normalized spacial score (nSPS) is 11.1. The van der Waals surface area contributed by atoms with E-state index in [-0.39, 0.29) is 5.69 Å². The van der Waals surface area contributed by atoms with Crippen molar-refractivity contribution in [2.24, 2.45) is 0 Å². The molecule has 0 atom stereocenters. The number of benzene rings is 2. The standard InChI is InChI=1S/C20H16N4O2S/c1-13-3-6-15(7-4-13)18-12-27-20(23-18)16(11-21)9-14-5-8-17(22-2)19(10-14)24(25)26/h3-10,12,22H,1-2H3/b16-9+. The summed E-state index contributed by atoms with van der Waals surface area (Å²) >= 11 is 1.37. The minimum Gasteiger partial charge on any atom is -0.383 e. The Kier molecular flexibility index (Phi) is 5.29. The first kappa shape index (κ1) is 18.3. The van der Waals surface area contributed by atoms with Crippen molar-refractivity contribution in [1.82, 2.24) is 4.98 Å². The van der Waals surface area contributed by atoms with Gasteiger partial charge in [-0.05, 0) is 24.6 Å². The first-order valence-corrected chi connectivity index (χ1v) is 9.00. The third-order valence-corrected chi connectivity index (χ3v) is 4.88. The summed E-state index contributed by atoms with van der Waals surface area (Å²) in [5.74, 6) is 0. The van der Waals surface area contributed by atoms with E-state index >= 15 is 0 Å². The van der Waals surface area contributed by atoms with E-state index in [4.69, 9.17) is 0 Å². The average molecular weight is 376 g/mol. The zero-order valence-corrected chi connectivity index (χ0v) is 15.6. The number of hydrogen-bond acceptors (Lipinski definition) is 6. The van der Waals surface area contributed by atoms with E-state index in [9.17, 15) is 15.4 Å². The summed E-state index contributed by atoms with van der Waals surface area (Å²) in [7, 11) is 1.63. The first-order chi connectivity index (χ1) is 13.0. The minimum absolute atomic E-state index is 0.0389. The van der Waals surface area contributed by atoms with Crippen molar-refractivity contribution in [2.75, 3.05) is 12.4 Å². The van der Waals surface area contributed by atoms with E-state index in [1.807, 2.05) is 36.6 Å². The highest BCUT2D eigenvalue weighted by Gasteiger charge is 2.14. The van der Waals surface area contributed by atoms with E-state index in [1.165, 1.54) is 23.0 Å². The van der Waals surface area contributed by atoms with Gasteiger partial charge < -0.3 is 5.32 Å². The number of thiazole rings is 1. The van der Waals surface area contributed by atoms with Gasteiger partial charge in [0.2, 0.25) is 0 Å². The number of nitriles is 1. The Morgan fingerprint density at radius 2 is 2.04 bits per heavy atom. The molecule has 0 amide bonds. The van der Waals surface area contributed by atoms with E-state index in [2.05, 4.69) is 16.4 Å². The molecule has 134 valence electrons. The quantitative estimate of drug-likeness (QED) is 0.378. The topological polar surface area (TPSA) is 91.8 Å². The molecule has 1 N–H and O–H groups in total. The lowest BCUT2D eigenvalue weighted by molar-refractivity contribution is -0.383. The Bertz CT molecular complexity index is 1060. The number of allylic oxidation sites excluding steroid dienone is 1. The van der Waals surface area contributed by atoms with Crippen LogP contribution in [0.5, 0.6) is 0 Å². The summed E-state index contributed by atoms with van der Waals surface area (Å²) in [6.45, 7) is 2.02. The second-order valence-corrected chi connectivity index (χ2v) is 6.72. The van der Waals surface area contributed by atoms with Crippen molar-refractivity contribution in [1.29, 1.82) is 5.26 Å². The van der Waals surface area contributed by atoms with Crippen LogP contribution in [0.3, 0.4) is 0 Å². The maximum Gasteiger partial charge on any atom is 0.292 e. The van der Waals surface area contributed by atoms with Crippen molar-refractivity contribution in [3.05, 3.63) is 74.1 Å². The molecule has 0 bridgehead atoms. The van der Waals surface area contributed by atoms with Crippen LogP contribution in [0.15, 0.2) is 47.8 Å². The van der Waals surface area contributed by atoms with Gasteiger partial charge in [-0.2, -0.15) is 5.26 Å². The monoisotopic (exact) mass is 376 g/mol. The Balaban J connectivity index is 1.96. The number of rotatable bonds is 5. The second kappa shape index (κ2) is 7.81. The molecule has 0 aliphatic rings. The molecule has 1 heterocycles. The van der Waals surface area contributed by atoms with Crippen LogP contribution in [0.1, 0.15) is 16.1 Å². The summed E-state index contributed by atoms with van der Waals surface area (Å²) in [5, 5.41) is 26.0. The first-order valence-electron chi connectivity index (χ1n) is 8.12. The predicted molar refractivity (Wildman–Crippen MR) is 108 cm³/mol. The van der Waals surface area contributed by atoms with Gasteiger partial charge in [-0.3, -0.25) is 10.1 Å². The van der Waals surface area contributed by atoms with E-state index in [0.717, 1.165) is 11.3 Å². The zero-order chi connectivity index (χ0) is 19.4. The number of aromatic nitrogens is 1. The van der Waals surface area contributed by atoms with Gasteiger partial charge in [0.15, 0.2) is 0 Å². The number of anilines is 1. The smallest absolute Gasteiger partial charge is 0.292 e. The fraction of sp³-hybridized carbons (Fsp3) is 0.100. The molecule has 3 rings (SSSR count). The summed E-state index contributed by atoms with van der Waals surface area (Å²) in [5.41, 5.74) is 4.27. The Labute approximate surface area is 160 Å². The van der Waals surface area contributed by atoms with Gasteiger partial charge in [0.25, 0.3) is 5.69 Å². The highest BCUT2D eigenvalue weighted by Crippen LogP contribution is 2.30. The van der Waals surface area contributed by atoms with Crippen LogP contribution in [0.4, 0.5) is 11.4 Å². The van der Waals surface area contributed by atoms with Gasteiger partial charge in [0.05, 0.1) is 16.2 Å². The maximum atomic E-state index is 11.2. The fourth-order valence-corrected chi connectivity index (χ4v) is 3.36. The van der Waals surface area contributed by atoms with Gasteiger partial charge >= 0.3 is 0 Å². The molecule has 0 saturated carbocycles. The molecule has 0 fully saturated rings. The van der Waals surface area contributed by atoms with Crippen molar-refractivity contribution < 1.29 is 4.92 Å². The summed E-state index contributed by atoms with van der Waals surface area (Å²) in [4.78, 5) is 15.3. The van der Waals surface area contributed by atoms with Gasteiger partial charge in [-0.15, -0.1) is 11.3 Å². The molecule has 0 radical (unpaired) electrons. The Hall–Kier alpha value is -3.50. The SMILES string of the molecule is CNc1ccc(/C=C(\C#N)c2nc(-c3ccc(C)cc3)cs2)cc1[N+](=O)[O-]. The Morgan fingerprint density at radius 1 is 1.30 bits per heavy atom. The van der Waals surface area contributed by atoms with Crippen LogP contribution >= 0.6 is 11.3 Å². The van der Waals surface area contributed by atoms with E-state index in [1.54, 1.807) is 25.3 Å². The number of aryl methyl sites for hydroxylation is 1. The van der Waals surface area contributed by atoms with Crippen molar-refractivity contribution in [3.8, 4) is 17.3 Å². The molecule has 0 spiro atoms. The third kappa shape index (κ3) is 4.02. The number of hydrogen-bond donors (Lipinski definition) is 1. The minimum atomic E-state index is -0.450. The molecule has 0 aliphatic carbocycles. The van der Waals surface area contributed by atoms with Crippen LogP contribution in [0.25, 0.3) is 22.9 Å². The lowest BCUT2D eigenvalue weighted by Gasteiger charge is -2.03. The molecule has 1 aromatic heterocycles. The second-order valence-electron chi connectivity index (χ2n) is 5.86. The van der Waals surface area contributed by atoms with Gasteiger partial charge in [0, 0.05) is 24.1 Å². The zero-order valence-electron chi connectivity index (χ0n) is 14.8. The number of nitrogens with one attached hydrogen (secondary N) is 1. The fourth-order valence-electron chi connectivity index (χ4n) is 2.56. The lowest BCUT2D eigenvalue weighted by Crippen LogP contribution is -1.96. The van der Waals surface area contributed by atoms with Gasteiger partial charge in [-0.1, -0.05) is 35.9 Å². The van der Waals surface area contributed by atoms with Crippen LogP contribution in [0, 0.1) is 28.4 Å². The number of nitro benzene ring substituents is 1. The molecular weight excluding hydrogens is 360 g/mol. The molecule has 0 unspecified atom stereocenters. The molecular formula is C20H16N4O2S. The average Bonchev–Trinajstić information content (AvgIpc) is 3.16. The molecule has 6 nitrogen and oxygen atoms in total. The van der Waals surface area contributed by atoms with Gasteiger partial charge in [-0.25, -0.2) is 4.98 Å². The highest BCUT2D eigenvalue weighted by atomic mass is 32.1. The highest BCUT2D eigenvalue weighted by molar-refractivity contribution is 7.11. The number of nitrogens with zero attached hydrogens (tertiary/aromatic N) is 3. The summed E-state index contributed by atoms with van der Waals surface area (Å²) in [6.07, 6.45) is 1.62.